The van der Waals surface area contributed by atoms with Gasteiger partial charge in [-0.1, -0.05) is 52.2 Å². The first-order chi connectivity index (χ1) is 10.4. The molecule has 1 aliphatic rings. The number of halogens is 2. The van der Waals surface area contributed by atoms with Crippen LogP contribution in [0.1, 0.15) is 64.0 Å². The molecule has 5 heteroatoms. The number of hydrogen-bond donors (Lipinski definition) is 1. The quantitative estimate of drug-likeness (QED) is 0.600. The SMILES string of the molecule is CC(C)(C)c1cccc(C=NC2CCCCC2)c1O.[Cl][Zr][Cl]. The molecule has 0 heterocycles. The van der Waals surface area contributed by atoms with Crippen LogP contribution in [0.3, 0.4) is 0 Å². The van der Waals surface area contributed by atoms with Gasteiger partial charge in [-0.05, 0) is 29.9 Å². The van der Waals surface area contributed by atoms with E-state index in [1.54, 1.807) is 0 Å². The molecule has 2 rings (SSSR count). The number of nitrogens with zero attached hydrogens (tertiary/aromatic N) is 1. The number of rotatable bonds is 2. The van der Waals surface area contributed by atoms with Crippen LogP contribution in [0.5, 0.6) is 5.75 Å². The third-order valence-corrected chi connectivity index (χ3v) is 3.87. The molecule has 0 radical (unpaired) electrons. The van der Waals surface area contributed by atoms with E-state index < -0.39 is 20.8 Å². The van der Waals surface area contributed by atoms with E-state index >= 15 is 0 Å². The second-order valence-electron chi connectivity index (χ2n) is 6.63. The van der Waals surface area contributed by atoms with Gasteiger partial charge in [0.15, 0.2) is 0 Å². The van der Waals surface area contributed by atoms with Crippen molar-refractivity contribution in [1.82, 2.24) is 0 Å². The van der Waals surface area contributed by atoms with Gasteiger partial charge >= 0.3 is 37.9 Å². The summed E-state index contributed by atoms with van der Waals surface area (Å²) in [5, 5.41) is 10.4. The number of phenolic OH excluding ortho intramolecular Hbond substituents is 1. The van der Waals surface area contributed by atoms with Gasteiger partial charge in [0.1, 0.15) is 5.75 Å². The molecule has 1 saturated carbocycles. The van der Waals surface area contributed by atoms with Crippen LogP contribution in [0.4, 0.5) is 0 Å². The second-order valence-corrected chi connectivity index (χ2v) is 10.4. The summed E-state index contributed by atoms with van der Waals surface area (Å²) < 4.78 is 0. The van der Waals surface area contributed by atoms with Gasteiger partial charge in [0, 0.05) is 17.8 Å². The molecule has 1 aromatic rings. The Bertz CT molecular complexity index is 480. The number of hydrogen-bond acceptors (Lipinski definition) is 2. The zero-order valence-corrected chi connectivity index (χ0v) is 17.5. The van der Waals surface area contributed by atoms with Crippen molar-refractivity contribution in [1.29, 1.82) is 0 Å². The molecular formula is C17H25Cl2NOZr. The van der Waals surface area contributed by atoms with Crippen LogP contribution in [0.2, 0.25) is 0 Å². The molecule has 1 aliphatic carbocycles. The molecule has 0 unspecified atom stereocenters. The second kappa shape index (κ2) is 10.1. The Hall–Kier alpha value is 0.153. The van der Waals surface area contributed by atoms with E-state index in [4.69, 9.17) is 17.0 Å². The van der Waals surface area contributed by atoms with E-state index in [2.05, 4.69) is 25.8 Å². The summed E-state index contributed by atoms with van der Waals surface area (Å²) in [6, 6.07) is 6.39. The number of phenols is 1. The van der Waals surface area contributed by atoms with Gasteiger partial charge in [0.25, 0.3) is 0 Å². The Morgan fingerprint density at radius 3 is 2.32 bits per heavy atom. The monoisotopic (exact) mass is 419 g/mol. The summed E-state index contributed by atoms with van der Waals surface area (Å²) in [5.74, 6) is 0.384. The van der Waals surface area contributed by atoms with Gasteiger partial charge in [0.05, 0.1) is 0 Å². The Morgan fingerprint density at radius 1 is 1.18 bits per heavy atom. The third kappa shape index (κ3) is 6.73. The zero-order valence-electron chi connectivity index (χ0n) is 13.6. The molecule has 0 spiro atoms. The van der Waals surface area contributed by atoms with Crippen molar-refractivity contribution >= 4 is 23.2 Å². The first kappa shape index (κ1) is 20.2. The van der Waals surface area contributed by atoms with Gasteiger partial charge in [-0.2, -0.15) is 0 Å². The van der Waals surface area contributed by atoms with Crippen molar-refractivity contribution in [3.8, 4) is 5.75 Å². The van der Waals surface area contributed by atoms with Crippen molar-refractivity contribution in [2.75, 3.05) is 0 Å². The molecule has 1 aromatic carbocycles. The van der Waals surface area contributed by atoms with Crippen molar-refractivity contribution < 1.29 is 26.0 Å². The van der Waals surface area contributed by atoms with E-state index in [1.807, 2.05) is 24.4 Å². The fourth-order valence-corrected chi connectivity index (χ4v) is 2.69. The van der Waals surface area contributed by atoms with Crippen LogP contribution in [0.15, 0.2) is 23.2 Å². The summed E-state index contributed by atoms with van der Waals surface area (Å²) >= 11 is -0.826. The molecule has 0 aromatic heterocycles. The first-order valence-corrected chi connectivity index (χ1v) is 14.0. The Kier molecular flexibility index (Phi) is 9.28. The zero-order chi connectivity index (χ0) is 16.6. The van der Waals surface area contributed by atoms with Crippen molar-refractivity contribution in [2.45, 2.75) is 64.3 Å². The Labute approximate surface area is 153 Å². The van der Waals surface area contributed by atoms with Crippen LogP contribution in [-0.4, -0.2) is 17.4 Å². The third-order valence-electron chi connectivity index (χ3n) is 3.87. The maximum atomic E-state index is 10.4. The summed E-state index contributed by atoms with van der Waals surface area (Å²) in [4.78, 5) is 4.65. The van der Waals surface area contributed by atoms with E-state index in [1.165, 1.54) is 32.1 Å². The Balaban J connectivity index is 0.000000745. The number of aromatic hydroxyl groups is 1. The molecule has 1 N–H and O–H groups in total. The predicted octanol–water partition coefficient (Wildman–Crippen LogP) is 5.82. The molecule has 0 atom stereocenters. The number of aliphatic imine (C=N–C) groups is 1. The van der Waals surface area contributed by atoms with Crippen LogP contribution < -0.4 is 0 Å². The van der Waals surface area contributed by atoms with Crippen molar-refractivity contribution in [3.05, 3.63) is 29.3 Å². The molecule has 2 nitrogen and oxygen atoms in total. The van der Waals surface area contributed by atoms with Gasteiger partial charge in [-0.15, -0.1) is 0 Å². The minimum absolute atomic E-state index is 0.0429. The van der Waals surface area contributed by atoms with Crippen LogP contribution in [0.25, 0.3) is 0 Å². The fourth-order valence-electron chi connectivity index (χ4n) is 2.69. The van der Waals surface area contributed by atoms with Crippen molar-refractivity contribution in [2.24, 2.45) is 4.99 Å². The fraction of sp³-hybridized carbons (Fsp3) is 0.588. The molecular weight excluding hydrogens is 396 g/mol. The van der Waals surface area contributed by atoms with Gasteiger partial charge in [-0.3, -0.25) is 4.99 Å². The summed E-state index contributed by atoms with van der Waals surface area (Å²) in [6.45, 7) is 6.35. The summed E-state index contributed by atoms with van der Waals surface area (Å²) in [7, 11) is 9.87. The van der Waals surface area contributed by atoms with Crippen LogP contribution in [-0.2, 0) is 26.3 Å². The average Bonchev–Trinajstić information content (AvgIpc) is 2.47. The van der Waals surface area contributed by atoms with Gasteiger partial charge in [0.2, 0.25) is 0 Å². The van der Waals surface area contributed by atoms with Crippen LogP contribution in [0, 0.1) is 0 Å². The molecule has 1 fully saturated rings. The van der Waals surface area contributed by atoms with Gasteiger partial charge in [-0.25, -0.2) is 0 Å². The topological polar surface area (TPSA) is 32.6 Å². The predicted molar refractivity (Wildman–Crippen MR) is 93.0 cm³/mol. The standard InChI is InChI=1S/C17H25NO.2ClH.Zr/c1-17(2,3)15-11-7-8-13(16(15)19)12-18-14-9-5-4-6-10-14;;;/h7-8,11-12,14,19H,4-6,9-10H2,1-3H3;2*1H;/q;;;+2/p-2. The normalized spacial score (nSPS) is 16.2. The molecule has 0 saturated heterocycles. The summed E-state index contributed by atoms with van der Waals surface area (Å²) in [5.41, 5.74) is 1.79. The maximum absolute atomic E-state index is 10.4. The molecule has 22 heavy (non-hydrogen) atoms. The van der Waals surface area contributed by atoms with E-state index in [-0.39, 0.29) is 5.41 Å². The molecule has 0 bridgehead atoms. The molecule has 122 valence electrons. The van der Waals surface area contributed by atoms with E-state index in [9.17, 15) is 5.11 Å². The average molecular weight is 422 g/mol. The Morgan fingerprint density at radius 2 is 1.77 bits per heavy atom. The van der Waals surface area contributed by atoms with E-state index in [0.717, 1.165) is 11.1 Å². The number of para-hydroxylation sites is 1. The first-order valence-electron chi connectivity index (χ1n) is 7.72. The summed E-state index contributed by atoms with van der Waals surface area (Å²) in [6.07, 6.45) is 8.16. The molecule has 0 amide bonds. The van der Waals surface area contributed by atoms with Crippen molar-refractivity contribution in [3.63, 3.8) is 0 Å². The molecule has 0 aliphatic heterocycles. The van der Waals surface area contributed by atoms with Crippen LogP contribution >= 0.6 is 17.0 Å². The minimum atomic E-state index is -0.826. The van der Waals surface area contributed by atoms with E-state index in [0.29, 0.717) is 11.8 Å². The van der Waals surface area contributed by atoms with Gasteiger partial charge < -0.3 is 5.11 Å². The number of benzene rings is 1.